The van der Waals surface area contributed by atoms with Crippen LogP contribution in [0.15, 0.2) is 18.2 Å². The molecule has 0 saturated heterocycles. The molecule has 2 N–H and O–H groups in total. The van der Waals surface area contributed by atoms with E-state index >= 15 is 0 Å². The minimum absolute atomic E-state index is 0.320. The molecule has 4 heteroatoms. The van der Waals surface area contributed by atoms with Crippen LogP contribution in [0.4, 0.5) is 0 Å². The van der Waals surface area contributed by atoms with Crippen LogP contribution in [-0.4, -0.2) is 25.4 Å². The number of phenols is 1. The predicted molar refractivity (Wildman–Crippen MR) is 57.5 cm³/mol. The van der Waals surface area contributed by atoms with Crippen molar-refractivity contribution < 1.29 is 14.7 Å². The van der Waals surface area contributed by atoms with Crippen molar-refractivity contribution in [3.63, 3.8) is 0 Å². The van der Waals surface area contributed by atoms with Gasteiger partial charge in [0.15, 0.2) is 0 Å². The molecule has 1 aromatic rings. The van der Waals surface area contributed by atoms with E-state index < -0.39 is 0 Å². The Bertz CT molecular complexity index is 302. The molecule has 0 bridgehead atoms. The Kier molecular flexibility index (Phi) is 5.10. The normalized spacial score (nSPS) is 10.5. The van der Waals surface area contributed by atoms with Crippen molar-refractivity contribution in [2.24, 2.45) is 0 Å². The maximum absolute atomic E-state index is 9.68. The summed E-state index contributed by atoms with van der Waals surface area (Å²) in [6.07, 6.45) is 0. The molecule has 0 amide bonds. The van der Waals surface area contributed by atoms with Crippen LogP contribution < -0.4 is 5.48 Å². The molecule has 4 nitrogen and oxygen atoms in total. The van der Waals surface area contributed by atoms with Crippen molar-refractivity contribution in [2.75, 3.05) is 20.3 Å². The number of hydroxylamine groups is 1. The van der Waals surface area contributed by atoms with Crippen LogP contribution in [0.1, 0.15) is 11.1 Å². The van der Waals surface area contributed by atoms with Crippen LogP contribution in [-0.2, 0) is 16.1 Å². The molecule has 0 atom stereocenters. The predicted octanol–water partition coefficient (Wildman–Crippen LogP) is 1.37. The van der Waals surface area contributed by atoms with E-state index in [1.54, 1.807) is 7.11 Å². The smallest absolute Gasteiger partial charge is 0.123 e. The van der Waals surface area contributed by atoms with E-state index in [-0.39, 0.29) is 0 Å². The van der Waals surface area contributed by atoms with Gasteiger partial charge in [0.05, 0.1) is 13.2 Å². The number of rotatable bonds is 6. The van der Waals surface area contributed by atoms with Crippen LogP contribution in [0.3, 0.4) is 0 Å². The van der Waals surface area contributed by atoms with Gasteiger partial charge in [-0.05, 0) is 12.5 Å². The fraction of sp³-hybridized carbons (Fsp3) is 0.455. The summed E-state index contributed by atoms with van der Waals surface area (Å²) in [7, 11) is 1.62. The summed E-state index contributed by atoms with van der Waals surface area (Å²) >= 11 is 0. The summed E-state index contributed by atoms with van der Waals surface area (Å²) in [5.41, 5.74) is 4.46. The van der Waals surface area contributed by atoms with E-state index in [1.807, 2.05) is 25.1 Å². The fourth-order valence-corrected chi connectivity index (χ4v) is 1.19. The number of aryl methyl sites for hydroxylation is 1. The van der Waals surface area contributed by atoms with Crippen molar-refractivity contribution in [3.8, 4) is 5.75 Å². The summed E-state index contributed by atoms with van der Waals surface area (Å²) in [5.74, 6) is 0.320. The number of hydrogen-bond acceptors (Lipinski definition) is 4. The molecule has 0 aliphatic heterocycles. The topological polar surface area (TPSA) is 50.7 Å². The highest BCUT2D eigenvalue weighted by Crippen LogP contribution is 2.20. The van der Waals surface area contributed by atoms with Gasteiger partial charge in [-0.2, -0.15) is 5.48 Å². The van der Waals surface area contributed by atoms with Crippen molar-refractivity contribution in [2.45, 2.75) is 13.5 Å². The van der Waals surface area contributed by atoms with Crippen LogP contribution in [0.5, 0.6) is 5.75 Å². The molecule has 0 radical (unpaired) electrons. The largest absolute Gasteiger partial charge is 0.507 e. The first kappa shape index (κ1) is 12.0. The Labute approximate surface area is 89.8 Å². The van der Waals surface area contributed by atoms with Gasteiger partial charge in [-0.25, -0.2) is 0 Å². The van der Waals surface area contributed by atoms with Gasteiger partial charge in [-0.15, -0.1) is 0 Å². The van der Waals surface area contributed by atoms with E-state index in [0.29, 0.717) is 25.5 Å². The highest BCUT2D eigenvalue weighted by molar-refractivity contribution is 5.39. The summed E-state index contributed by atoms with van der Waals surface area (Å²) in [6.45, 7) is 3.39. The van der Waals surface area contributed by atoms with Crippen LogP contribution in [0.2, 0.25) is 0 Å². The van der Waals surface area contributed by atoms with E-state index in [1.165, 1.54) is 0 Å². The standard InChI is InChI=1S/C11H17NO3/c1-9-4-3-5-10(11(9)13)8-12-15-7-6-14-2/h3-5,12-13H,6-8H2,1-2H3. The van der Waals surface area contributed by atoms with Gasteiger partial charge in [-0.3, -0.25) is 4.84 Å². The lowest BCUT2D eigenvalue weighted by Gasteiger charge is -2.08. The van der Waals surface area contributed by atoms with Crippen LogP contribution >= 0.6 is 0 Å². The molecule has 0 spiro atoms. The zero-order valence-electron chi connectivity index (χ0n) is 9.12. The van der Waals surface area contributed by atoms with Crippen LogP contribution in [0, 0.1) is 6.92 Å². The average molecular weight is 211 g/mol. The van der Waals surface area contributed by atoms with Gasteiger partial charge in [0, 0.05) is 19.2 Å². The minimum atomic E-state index is 0.320. The zero-order chi connectivity index (χ0) is 11.1. The molecular formula is C11H17NO3. The SMILES string of the molecule is COCCONCc1cccc(C)c1O. The Morgan fingerprint density at radius 1 is 1.33 bits per heavy atom. The number of methoxy groups -OCH3 is 1. The molecule has 0 aliphatic carbocycles. The van der Waals surface area contributed by atoms with Gasteiger partial charge in [0.2, 0.25) is 0 Å². The Balaban J connectivity index is 2.34. The van der Waals surface area contributed by atoms with Crippen molar-refractivity contribution in [1.82, 2.24) is 5.48 Å². The first-order valence-electron chi connectivity index (χ1n) is 4.86. The highest BCUT2D eigenvalue weighted by atomic mass is 16.7. The van der Waals surface area contributed by atoms with Crippen molar-refractivity contribution in [1.29, 1.82) is 0 Å². The molecule has 15 heavy (non-hydrogen) atoms. The summed E-state index contributed by atoms with van der Waals surface area (Å²) < 4.78 is 4.82. The molecule has 0 aromatic heterocycles. The average Bonchev–Trinajstić information content (AvgIpc) is 2.24. The quantitative estimate of drug-likeness (QED) is 0.551. The minimum Gasteiger partial charge on any atom is -0.507 e. The first-order chi connectivity index (χ1) is 7.25. The van der Waals surface area contributed by atoms with Crippen LogP contribution in [0.25, 0.3) is 0 Å². The van der Waals surface area contributed by atoms with E-state index in [2.05, 4.69) is 5.48 Å². The second kappa shape index (κ2) is 6.40. The third kappa shape index (κ3) is 3.87. The summed E-state index contributed by atoms with van der Waals surface area (Å²) in [4.78, 5) is 5.09. The third-order valence-electron chi connectivity index (χ3n) is 2.08. The molecule has 0 heterocycles. The Hall–Kier alpha value is -1.10. The number of hydrogen-bond donors (Lipinski definition) is 2. The lowest BCUT2D eigenvalue weighted by Crippen LogP contribution is -2.17. The second-order valence-electron chi connectivity index (χ2n) is 3.25. The lowest BCUT2D eigenvalue weighted by molar-refractivity contribution is 0.00321. The molecule has 0 fully saturated rings. The Morgan fingerprint density at radius 2 is 2.13 bits per heavy atom. The van der Waals surface area contributed by atoms with Gasteiger partial charge in [-0.1, -0.05) is 18.2 Å². The number of phenolic OH excluding ortho intramolecular Hbond substituents is 1. The molecule has 1 rings (SSSR count). The van der Waals surface area contributed by atoms with Gasteiger partial charge < -0.3 is 9.84 Å². The fourth-order valence-electron chi connectivity index (χ4n) is 1.19. The third-order valence-corrected chi connectivity index (χ3v) is 2.08. The Morgan fingerprint density at radius 3 is 2.87 bits per heavy atom. The summed E-state index contributed by atoms with van der Waals surface area (Å²) in [5, 5.41) is 9.68. The first-order valence-corrected chi connectivity index (χ1v) is 4.86. The maximum atomic E-state index is 9.68. The van der Waals surface area contributed by atoms with Crippen molar-refractivity contribution in [3.05, 3.63) is 29.3 Å². The van der Waals surface area contributed by atoms with Gasteiger partial charge in [0.1, 0.15) is 5.75 Å². The monoisotopic (exact) mass is 211 g/mol. The van der Waals surface area contributed by atoms with E-state index in [0.717, 1.165) is 11.1 Å². The second-order valence-corrected chi connectivity index (χ2v) is 3.25. The maximum Gasteiger partial charge on any atom is 0.123 e. The highest BCUT2D eigenvalue weighted by Gasteiger charge is 2.02. The molecule has 0 saturated carbocycles. The van der Waals surface area contributed by atoms with Gasteiger partial charge >= 0.3 is 0 Å². The lowest BCUT2D eigenvalue weighted by atomic mass is 10.1. The number of ether oxygens (including phenoxy) is 1. The molecule has 84 valence electrons. The number of aromatic hydroxyl groups is 1. The van der Waals surface area contributed by atoms with Crippen molar-refractivity contribution >= 4 is 0 Å². The molecule has 0 aliphatic rings. The number of nitrogens with one attached hydrogen (secondary N) is 1. The summed E-state index contributed by atoms with van der Waals surface area (Å²) in [6, 6.07) is 5.63. The van der Waals surface area contributed by atoms with E-state index in [9.17, 15) is 5.11 Å². The van der Waals surface area contributed by atoms with E-state index in [4.69, 9.17) is 9.57 Å². The van der Waals surface area contributed by atoms with Gasteiger partial charge in [0.25, 0.3) is 0 Å². The zero-order valence-corrected chi connectivity index (χ0v) is 9.12. The molecular weight excluding hydrogens is 194 g/mol. The number of para-hydroxylation sites is 1. The molecule has 0 unspecified atom stereocenters. The number of benzene rings is 1. The molecule has 1 aromatic carbocycles.